The quantitative estimate of drug-likeness (QED) is 0.565. The van der Waals surface area contributed by atoms with E-state index in [0.717, 1.165) is 16.2 Å². The van der Waals surface area contributed by atoms with Gasteiger partial charge >= 0.3 is 4.87 Å². The second kappa shape index (κ2) is 8.04. The Morgan fingerprint density at radius 3 is 2.39 bits per heavy atom. The van der Waals surface area contributed by atoms with Crippen LogP contribution in [0.3, 0.4) is 0 Å². The van der Waals surface area contributed by atoms with Crippen LogP contribution in [0.4, 0.5) is 11.5 Å². The van der Waals surface area contributed by atoms with Gasteiger partial charge in [0, 0.05) is 24.9 Å². The lowest BCUT2D eigenvalue weighted by atomic mass is 9.89. The Morgan fingerprint density at radius 2 is 1.73 bits per heavy atom. The van der Waals surface area contributed by atoms with Crippen molar-refractivity contribution in [1.82, 2.24) is 4.57 Å². The van der Waals surface area contributed by atoms with Gasteiger partial charge in [-0.3, -0.25) is 19.1 Å². The van der Waals surface area contributed by atoms with Crippen LogP contribution in [-0.2, 0) is 11.8 Å². The molecule has 3 heterocycles. The van der Waals surface area contributed by atoms with Crippen molar-refractivity contribution in [3.63, 3.8) is 0 Å². The summed E-state index contributed by atoms with van der Waals surface area (Å²) in [6.07, 6.45) is 0.137. The number of benzene rings is 2. The van der Waals surface area contributed by atoms with Gasteiger partial charge in [0.05, 0.1) is 31.9 Å². The lowest BCUT2D eigenvalue weighted by Crippen LogP contribution is -2.34. The summed E-state index contributed by atoms with van der Waals surface area (Å²) in [6.45, 7) is 0.0459. The van der Waals surface area contributed by atoms with Crippen LogP contribution < -0.4 is 33.5 Å². The van der Waals surface area contributed by atoms with Crippen molar-refractivity contribution in [2.24, 2.45) is 7.05 Å². The predicted octanol–water partition coefficient (Wildman–Crippen LogP) is 3.40. The van der Waals surface area contributed by atoms with Crippen LogP contribution >= 0.6 is 11.3 Å². The van der Waals surface area contributed by atoms with Crippen molar-refractivity contribution in [3.05, 3.63) is 50.4 Å². The molecule has 0 aliphatic carbocycles. The zero-order chi connectivity index (χ0) is 23.3. The fraction of sp³-hybridized carbons (Fsp3) is 0.304. The Hall–Kier alpha value is -3.66. The number of carbonyl (C=O) groups excluding carboxylic acids is 1. The molecule has 1 unspecified atom stereocenters. The summed E-state index contributed by atoms with van der Waals surface area (Å²) in [6, 6.07) is 8.96. The fourth-order valence-electron chi connectivity index (χ4n) is 4.33. The third-order valence-corrected chi connectivity index (χ3v) is 7.02. The summed E-state index contributed by atoms with van der Waals surface area (Å²) in [4.78, 5) is 28.4. The highest BCUT2D eigenvalue weighted by atomic mass is 32.1. The van der Waals surface area contributed by atoms with Gasteiger partial charge in [-0.05, 0) is 30.3 Å². The van der Waals surface area contributed by atoms with Crippen LogP contribution in [0.25, 0.3) is 0 Å². The number of rotatable bonds is 5. The molecular weight excluding hydrogens is 448 g/mol. The molecule has 9 nitrogen and oxygen atoms in total. The van der Waals surface area contributed by atoms with Crippen LogP contribution in [0.2, 0.25) is 0 Å². The number of fused-ring (bicyclic) bond motifs is 2. The number of hydrogen-bond donors (Lipinski definition) is 0. The SMILES string of the molecule is COc1ccc(N2C(=O)CC(c3cc(OC)c4c(c3OC)OCO4)c3sc(=O)n(C)c32)cc1. The van der Waals surface area contributed by atoms with Gasteiger partial charge in [-0.2, -0.15) is 0 Å². The van der Waals surface area contributed by atoms with Crippen molar-refractivity contribution in [2.45, 2.75) is 12.3 Å². The third-order valence-electron chi connectivity index (χ3n) is 5.89. The van der Waals surface area contributed by atoms with Gasteiger partial charge in [0.25, 0.3) is 0 Å². The van der Waals surface area contributed by atoms with E-state index in [0.29, 0.717) is 45.8 Å². The molecule has 0 fully saturated rings. The summed E-state index contributed by atoms with van der Waals surface area (Å²) in [5.74, 6) is 2.49. The zero-order valence-corrected chi connectivity index (χ0v) is 19.4. The molecular formula is C23H22N2O7S. The number of methoxy groups -OCH3 is 3. The highest BCUT2D eigenvalue weighted by Crippen LogP contribution is 2.55. The standard InChI is InChI=1S/C23H22N2O7S/c1-24-22-21(33-23(24)27)15(10-17(26)25(22)12-5-7-13(28-2)8-6-12)14-9-16(29-3)19-20(18(14)30-4)32-11-31-19/h5-9,15H,10-11H2,1-4H3. The molecule has 33 heavy (non-hydrogen) atoms. The van der Waals surface area contributed by atoms with Gasteiger partial charge in [-0.15, -0.1) is 0 Å². The molecule has 0 radical (unpaired) electrons. The number of hydrogen-bond acceptors (Lipinski definition) is 8. The van der Waals surface area contributed by atoms with Gasteiger partial charge in [-0.1, -0.05) is 11.3 Å². The van der Waals surface area contributed by atoms with Gasteiger partial charge in [-0.25, -0.2) is 0 Å². The van der Waals surface area contributed by atoms with E-state index >= 15 is 0 Å². The molecule has 1 aromatic heterocycles. The zero-order valence-electron chi connectivity index (χ0n) is 18.5. The van der Waals surface area contributed by atoms with E-state index in [9.17, 15) is 9.59 Å². The summed E-state index contributed by atoms with van der Waals surface area (Å²) in [7, 11) is 6.33. The number of thiazole rings is 1. The molecule has 1 amide bonds. The van der Waals surface area contributed by atoms with E-state index in [-0.39, 0.29) is 24.0 Å². The molecule has 0 N–H and O–H groups in total. The lowest BCUT2D eigenvalue weighted by molar-refractivity contribution is -0.118. The van der Waals surface area contributed by atoms with Crippen molar-refractivity contribution in [2.75, 3.05) is 33.0 Å². The first-order valence-corrected chi connectivity index (χ1v) is 11.0. The van der Waals surface area contributed by atoms with Crippen molar-refractivity contribution in [3.8, 4) is 28.7 Å². The normalized spacial score (nSPS) is 16.5. The van der Waals surface area contributed by atoms with Crippen molar-refractivity contribution < 1.29 is 28.5 Å². The van der Waals surface area contributed by atoms with Crippen LogP contribution in [0, 0.1) is 0 Å². The molecule has 2 aliphatic heterocycles. The predicted molar refractivity (Wildman–Crippen MR) is 122 cm³/mol. The van der Waals surface area contributed by atoms with Gasteiger partial charge < -0.3 is 23.7 Å². The monoisotopic (exact) mass is 470 g/mol. The highest BCUT2D eigenvalue weighted by Gasteiger charge is 2.40. The van der Waals surface area contributed by atoms with Crippen molar-refractivity contribution in [1.29, 1.82) is 0 Å². The number of anilines is 2. The highest BCUT2D eigenvalue weighted by molar-refractivity contribution is 7.10. The molecule has 0 spiro atoms. The Bertz CT molecular complexity index is 1300. The topological polar surface area (TPSA) is 88.5 Å². The van der Waals surface area contributed by atoms with E-state index < -0.39 is 5.92 Å². The number of nitrogens with zero attached hydrogens (tertiary/aromatic N) is 2. The van der Waals surface area contributed by atoms with E-state index in [4.69, 9.17) is 23.7 Å². The number of aromatic nitrogens is 1. The average molecular weight is 471 g/mol. The second-order valence-electron chi connectivity index (χ2n) is 7.56. The number of carbonyl (C=O) groups is 1. The fourth-order valence-corrected chi connectivity index (χ4v) is 5.41. The van der Waals surface area contributed by atoms with Crippen LogP contribution in [0.1, 0.15) is 22.8 Å². The Morgan fingerprint density at radius 1 is 1.00 bits per heavy atom. The molecule has 0 bridgehead atoms. The van der Waals surface area contributed by atoms with Gasteiger partial charge in [0.2, 0.25) is 24.2 Å². The van der Waals surface area contributed by atoms with Crippen molar-refractivity contribution >= 4 is 28.7 Å². The summed E-state index contributed by atoms with van der Waals surface area (Å²) in [5, 5.41) is 0. The first-order chi connectivity index (χ1) is 16.0. The van der Waals surface area contributed by atoms with E-state index in [1.807, 2.05) is 0 Å². The lowest BCUT2D eigenvalue weighted by Gasteiger charge is -2.33. The van der Waals surface area contributed by atoms with Crippen LogP contribution in [0.15, 0.2) is 35.1 Å². The molecule has 3 aromatic rings. The second-order valence-corrected chi connectivity index (χ2v) is 8.56. The smallest absolute Gasteiger partial charge is 0.308 e. The molecule has 1 atom stereocenters. The Kier molecular flexibility index (Phi) is 5.16. The molecule has 2 aliphatic rings. The average Bonchev–Trinajstić information content (AvgIpc) is 3.43. The minimum Gasteiger partial charge on any atom is -0.497 e. The first kappa shape index (κ1) is 21.2. The Labute approximate surface area is 193 Å². The minimum atomic E-state index is -0.417. The Balaban J connectivity index is 1.69. The first-order valence-electron chi connectivity index (χ1n) is 10.2. The molecule has 5 rings (SSSR count). The van der Waals surface area contributed by atoms with E-state index in [1.165, 1.54) is 18.8 Å². The number of amides is 1. The summed E-state index contributed by atoms with van der Waals surface area (Å²) >= 11 is 1.11. The molecule has 172 valence electrons. The summed E-state index contributed by atoms with van der Waals surface area (Å²) < 4.78 is 29.1. The van der Waals surface area contributed by atoms with Gasteiger partial charge in [0.15, 0.2) is 11.5 Å². The molecule has 0 saturated carbocycles. The maximum atomic E-state index is 13.5. The third kappa shape index (κ3) is 3.20. The summed E-state index contributed by atoms with van der Waals surface area (Å²) in [5.41, 5.74) is 1.36. The molecule has 2 aromatic carbocycles. The molecule has 0 saturated heterocycles. The van der Waals surface area contributed by atoms with E-state index in [1.54, 1.807) is 49.4 Å². The van der Waals surface area contributed by atoms with Crippen LogP contribution in [0.5, 0.6) is 28.7 Å². The van der Waals surface area contributed by atoms with E-state index in [2.05, 4.69) is 0 Å². The maximum absolute atomic E-state index is 13.5. The minimum absolute atomic E-state index is 0.0459. The van der Waals surface area contributed by atoms with Gasteiger partial charge in [0.1, 0.15) is 11.6 Å². The number of ether oxygens (including phenoxy) is 5. The van der Waals surface area contributed by atoms with Crippen LogP contribution in [-0.4, -0.2) is 38.6 Å². The maximum Gasteiger partial charge on any atom is 0.308 e. The largest absolute Gasteiger partial charge is 0.497 e. The molecule has 10 heteroatoms.